The highest BCUT2D eigenvalue weighted by Gasteiger charge is 2.26. The number of ether oxygens (including phenoxy) is 1. The largest absolute Gasteiger partial charge is 0.373 e. The molecule has 1 aliphatic heterocycles. The molecular formula is C11H18N4O2. The molecule has 1 aromatic rings. The van der Waals surface area contributed by atoms with Crippen LogP contribution in [-0.2, 0) is 16.1 Å². The molecule has 1 aliphatic rings. The highest BCUT2D eigenvalue weighted by molar-refractivity contribution is 5.81. The predicted molar refractivity (Wildman–Crippen MR) is 62.2 cm³/mol. The van der Waals surface area contributed by atoms with Crippen LogP contribution in [0.15, 0.2) is 18.5 Å². The van der Waals surface area contributed by atoms with E-state index >= 15 is 0 Å². The van der Waals surface area contributed by atoms with Gasteiger partial charge in [-0.25, -0.2) is 0 Å². The third kappa shape index (κ3) is 3.04. The quantitative estimate of drug-likeness (QED) is 0.767. The lowest BCUT2D eigenvalue weighted by Crippen LogP contribution is -2.51. The van der Waals surface area contributed by atoms with Crippen LogP contribution in [0.25, 0.3) is 0 Å². The van der Waals surface area contributed by atoms with Crippen LogP contribution in [0.1, 0.15) is 6.92 Å². The molecule has 94 valence electrons. The Bertz CT molecular complexity index is 364. The maximum absolute atomic E-state index is 11.8. The smallest absolute Gasteiger partial charge is 0.239 e. The number of amides is 1. The summed E-state index contributed by atoms with van der Waals surface area (Å²) in [4.78, 5) is 13.5. The second-order valence-electron chi connectivity index (χ2n) is 4.29. The van der Waals surface area contributed by atoms with Crippen LogP contribution in [0.3, 0.4) is 0 Å². The molecule has 2 atom stereocenters. The molecule has 17 heavy (non-hydrogen) atoms. The van der Waals surface area contributed by atoms with Gasteiger partial charge in [-0.15, -0.1) is 0 Å². The van der Waals surface area contributed by atoms with Gasteiger partial charge in [0, 0.05) is 25.5 Å². The molecule has 1 fully saturated rings. The van der Waals surface area contributed by atoms with Crippen LogP contribution >= 0.6 is 0 Å². The summed E-state index contributed by atoms with van der Waals surface area (Å²) in [6.07, 6.45) is 3.61. The SMILES string of the molecule is C[C@@H](N)C(=O)N1CCOC(Cn2cccn2)C1. The Morgan fingerprint density at radius 3 is 3.18 bits per heavy atom. The molecule has 0 radical (unpaired) electrons. The van der Waals surface area contributed by atoms with Gasteiger partial charge in [-0.2, -0.15) is 5.10 Å². The van der Waals surface area contributed by atoms with Gasteiger partial charge in [0.05, 0.1) is 25.3 Å². The lowest BCUT2D eigenvalue weighted by molar-refractivity contribution is -0.140. The van der Waals surface area contributed by atoms with E-state index in [1.807, 2.05) is 16.9 Å². The molecule has 6 heteroatoms. The third-order valence-corrected chi connectivity index (χ3v) is 2.79. The molecule has 0 saturated carbocycles. The molecule has 1 unspecified atom stereocenters. The molecule has 1 amide bonds. The van der Waals surface area contributed by atoms with E-state index in [4.69, 9.17) is 10.5 Å². The van der Waals surface area contributed by atoms with Crippen molar-refractivity contribution in [3.8, 4) is 0 Å². The number of aromatic nitrogens is 2. The van der Waals surface area contributed by atoms with E-state index in [1.54, 1.807) is 18.0 Å². The molecule has 0 aromatic carbocycles. The fourth-order valence-corrected chi connectivity index (χ4v) is 1.94. The van der Waals surface area contributed by atoms with Gasteiger partial charge in [-0.1, -0.05) is 0 Å². The van der Waals surface area contributed by atoms with Crippen molar-refractivity contribution in [3.63, 3.8) is 0 Å². The average Bonchev–Trinajstić information content (AvgIpc) is 2.81. The first-order chi connectivity index (χ1) is 8.16. The summed E-state index contributed by atoms with van der Waals surface area (Å²) in [7, 11) is 0. The Labute approximate surface area is 100 Å². The van der Waals surface area contributed by atoms with E-state index in [0.29, 0.717) is 26.2 Å². The molecule has 6 nitrogen and oxygen atoms in total. The van der Waals surface area contributed by atoms with Crippen molar-refractivity contribution < 1.29 is 9.53 Å². The normalized spacial score (nSPS) is 22.5. The number of nitrogens with two attached hydrogens (primary N) is 1. The Hall–Kier alpha value is -1.40. The lowest BCUT2D eigenvalue weighted by atomic mass is 10.2. The van der Waals surface area contributed by atoms with E-state index in [1.165, 1.54) is 0 Å². The highest BCUT2D eigenvalue weighted by atomic mass is 16.5. The second-order valence-corrected chi connectivity index (χ2v) is 4.29. The summed E-state index contributed by atoms with van der Waals surface area (Å²) in [6, 6.07) is 1.42. The number of rotatable bonds is 3. The molecule has 2 N–H and O–H groups in total. The second kappa shape index (κ2) is 5.29. The van der Waals surface area contributed by atoms with Crippen molar-refractivity contribution in [3.05, 3.63) is 18.5 Å². The Balaban J connectivity index is 1.91. The third-order valence-electron chi connectivity index (χ3n) is 2.79. The minimum absolute atomic E-state index is 0.00801. The van der Waals surface area contributed by atoms with Crippen molar-refractivity contribution in [1.29, 1.82) is 0 Å². The van der Waals surface area contributed by atoms with Crippen LogP contribution in [0.4, 0.5) is 0 Å². The number of carbonyl (C=O) groups is 1. The molecule has 0 bridgehead atoms. The summed E-state index contributed by atoms with van der Waals surface area (Å²) in [5.74, 6) is -0.0150. The van der Waals surface area contributed by atoms with Crippen LogP contribution < -0.4 is 5.73 Å². The Kier molecular flexibility index (Phi) is 3.75. The van der Waals surface area contributed by atoms with Gasteiger partial charge in [-0.05, 0) is 13.0 Å². The minimum atomic E-state index is -0.446. The molecule has 0 aliphatic carbocycles. The molecule has 0 spiro atoms. The number of nitrogens with zero attached hydrogens (tertiary/aromatic N) is 3. The van der Waals surface area contributed by atoms with Crippen molar-refractivity contribution in [2.75, 3.05) is 19.7 Å². The first-order valence-electron chi connectivity index (χ1n) is 5.80. The van der Waals surface area contributed by atoms with Gasteiger partial charge in [0.25, 0.3) is 0 Å². The number of carbonyl (C=O) groups excluding carboxylic acids is 1. The maximum atomic E-state index is 11.8. The van der Waals surface area contributed by atoms with Gasteiger partial charge >= 0.3 is 0 Å². The van der Waals surface area contributed by atoms with Crippen LogP contribution in [0.5, 0.6) is 0 Å². The van der Waals surface area contributed by atoms with E-state index in [9.17, 15) is 4.79 Å². The van der Waals surface area contributed by atoms with E-state index in [-0.39, 0.29) is 12.0 Å². The molecule has 2 heterocycles. The standard InChI is InChI=1S/C11H18N4O2/c1-9(12)11(16)14-5-6-17-10(7-14)8-15-4-2-3-13-15/h2-4,9-10H,5-8,12H2,1H3/t9-,10?/m1/s1. The summed E-state index contributed by atoms with van der Waals surface area (Å²) in [5.41, 5.74) is 5.60. The molecular weight excluding hydrogens is 220 g/mol. The van der Waals surface area contributed by atoms with Crippen LogP contribution in [0, 0.1) is 0 Å². The van der Waals surface area contributed by atoms with E-state index < -0.39 is 6.04 Å². The fourth-order valence-electron chi connectivity index (χ4n) is 1.94. The van der Waals surface area contributed by atoms with Crippen LogP contribution in [-0.4, -0.2) is 52.4 Å². The lowest BCUT2D eigenvalue weighted by Gasteiger charge is -2.33. The molecule has 2 rings (SSSR count). The zero-order valence-electron chi connectivity index (χ0n) is 9.95. The average molecular weight is 238 g/mol. The molecule has 1 saturated heterocycles. The number of morpholine rings is 1. The van der Waals surface area contributed by atoms with Gasteiger partial charge < -0.3 is 15.4 Å². The molecule has 1 aromatic heterocycles. The zero-order valence-corrected chi connectivity index (χ0v) is 9.95. The fraction of sp³-hybridized carbons (Fsp3) is 0.636. The van der Waals surface area contributed by atoms with E-state index in [2.05, 4.69) is 5.10 Å². The van der Waals surface area contributed by atoms with Gasteiger partial charge in [0.15, 0.2) is 0 Å². The summed E-state index contributed by atoms with van der Waals surface area (Å²) >= 11 is 0. The van der Waals surface area contributed by atoms with Gasteiger partial charge in [0.1, 0.15) is 0 Å². The maximum Gasteiger partial charge on any atom is 0.239 e. The van der Waals surface area contributed by atoms with Crippen LogP contribution in [0.2, 0.25) is 0 Å². The Morgan fingerprint density at radius 2 is 2.53 bits per heavy atom. The van der Waals surface area contributed by atoms with Crippen molar-refractivity contribution in [2.24, 2.45) is 5.73 Å². The first-order valence-corrected chi connectivity index (χ1v) is 5.80. The van der Waals surface area contributed by atoms with Crippen molar-refractivity contribution in [2.45, 2.75) is 25.6 Å². The first kappa shape index (κ1) is 12.1. The zero-order chi connectivity index (χ0) is 12.3. The number of hydrogen-bond donors (Lipinski definition) is 1. The summed E-state index contributed by atoms with van der Waals surface area (Å²) in [5, 5.41) is 4.12. The van der Waals surface area contributed by atoms with Gasteiger partial charge in [-0.3, -0.25) is 9.48 Å². The van der Waals surface area contributed by atoms with Gasteiger partial charge in [0.2, 0.25) is 5.91 Å². The van der Waals surface area contributed by atoms with Crippen molar-refractivity contribution >= 4 is 5.91 Å². The van der Waals surface area contributed by atoms with Crippen molar-refractivity contribution in [1.82, 2.24) is 14.7 Å². The summed E-state index contributed by atoms with van der Waals surface area (Å²) < 4.78 is 7.43. The minimum Gasteiger partial charge on any atom is -0.373 e. The predicted octanol–water partition coefficient (Wildman–Crippen LogP) is -0.542. The highest BCUT2D eigenvalue weighted by Crippen LogP contribution is 2.08. The Morgan fingerprint density at radius 1 is 1.71 bits per heavy atom. The monoisotopic (exact) mass is 238 g/mol. The van der Waals surface area contributed by atoms with E-state index in [0.717, 1.165) is 0 Å². The summed E-state index contributed by atoms with van der Waals surface area (Å²) in [6.45, 7) is 4.14. The number of hydrogen-bond acceptors (Lipinski definition) is 4. The topological polar surface area (TPSA) is 73.4 Å².